The fraction of sp³-hybridized carbons (Fsp3) is 0.409. The van der Waals surface area contributed by atoms with Crippen LogP contribution in [0.5, 0.6) is 0 Å². The van der Waals surface area contributed by atoms with Gasteiger partial charge in [0.25, 0.3) is 17.7 Å². The maximum atomic E-state index is 12.8. The highest BCUT2D eigenvalue weighted by molar-refractivity contribution is 6.12. The summed E-state index contributed by atoms with van der Waals surface area (Å²) in [7, 11) is 4.36. The van der Waals surface area contributed by atoms with Crippen LogP contribution in [-0.4, -0.2) is 61.2 Å². The largest absolute Gasteiger partial charge is 0.384 e. The van der Waals surface area contributed by atoms with Crippen molar-refractivity contribution in [1.82, 2.24) is 15.7 Å². The average Bonchev–Trinajstić information content (AvgIpc) is 3.52. The number of nitrogens with one attached hydrogen (secondary N) is 2. The average molecular weight is 413 g/mol. The number of hydrogen-bond donors (Lipinski definition) is 3. The van der Waals surface area contributed by atoms with Gasteiger partial charge in [-0.1, -0.05) is 17.9 Å². The molecule has 3 N–H and O–H groups in total. The highest BCUT2D eigenvalue weighted by atomic mass is 16.5. The number of carbonyl (C=O) groups is 3. The van der Waals surface area contributed by atoms with Crippen LogP contribution in [-0.2, 0) is 14.3 Å². The third-order valence-electron chi connectivity index (χ3n) is 5.32. The Morgan fingerprint density at radius 3 is 2.53 bits per heavy atom. The third-order valence-corrected chi connectivity index (χ3v) is 5.32. The molecule has 8 heteroatoms. The van der Waals surface area contributed by atoms with E-state index in [1.807, 2.05) is 6.08 Å². The fourth-order valence-electron chi connectivity index (χ4n) is 3.06. The predicted molar refractivity (Wildman–Crippen MR) is 110 cm³/mol. The van der Waals surface area contributed by atoms with Crippen molar-refractivity contribution in [1.29, 1.82) is 0 Å². The van der Waals surface area contributed by atoms with Gasteiger partial charge in [-0.15, -0.1) is 0 Å². The van der Waals surface area contributed by atoms with E-state index in [9.17, 15) is 14.4 Å². The summed E-state index contributed by atoms with van der Waals surface area (Å²) < 4.78 is 5.12. The molecule has 2 rings (SSSR count). The van der Waals surface area contributed by atoms with E-state index < -0.39 is 23.3 Å². The summed E-state index contributed by atoms with van der Waals surface area (Å²) in [4.78, 5) is 38.1. The second-order valence-corrected chi connectivity index (χ2v) is 7.28. The minimum Gasteiger partial charge on any atom is -0.384 e. The standard InChI is InChI=1S/C22H27N3O5/c1-22(20(27)23-2,21(28)24-29)25(3)19(26)16-11-9-15(10-12-16)7-5-6-8-17-13-18(17)14-30-4/h6,8-12,17-18,29H,13-14H2,1-4H3,(H,23,27)(H,24,28)/b8-6+. The zero-order valence-corrected chi connectivity index (χ0v) is 17.6. The molecule has 30 heavy (non-hydrogen) atoms. The van der Waals surface area contributed by atoms with Crippen LogP contribution in [0, 0.1) is 23.7 Å². The van der Waals surface area contributed by atoms with Gasteiger partial charge in [-0.3, -0.25) is 19.6 Å². The maximum absolute atomic E-state index is 12.8. The lowest BCUT2D eigenvalue weighted by Gasteiger charge is -2.34. The zero-order chi connectivity index (χ0) is 22.3. The molecule has 1 saturated carbocycles. The molecule has 0 bridgehead atoms. The lowest BCUT2D eigenvalue weighted by molar-refractivity contribution is -0.148. The van der Waals surface area contributed by atoms with E-state index >= 15 is 0 Å². The van der Waals surface area contributed by atoms with Crippen molar-refractivity contribution in [3.8, 4) is 11.8 Å². The molecule has 160 valence electrons. The smallest absolute Gasteiger partial charge is 0.278 e. The number of ether oxygens (including phenoxy) is 1. The Morgan fingerprint density at radius 2 is 1.97 bits per heavy atom. The van der Waals surface area contributed by atoms with Crippen molar-refractivity contribution >= 4 is 17.7 Å². The van der Waals surface area contributed by atoms with Crippen molar-refractivity contribution in [2.45, 2.75) is 18.9 Å². The minimum atomic E-state index is -1.92. The van der Waals surface area contributed by atoms with Gasteiger partial charge in [-0.25, -0.2) is 5.48 Å². The number of nitrogens with zero attached hydrogens (tertiary/aromatic N) is 1. The number of likely N-dealkylation sites (N-methyl/N-ethyl adjacent to an activating group) is 2. The Balaban J connectivity index is 2.07. The molecule has 0 saturated heterocycles. The molecular formula is C22H27N3O5. The lowest BCUT2D eigenvalue weighted by atomic mass is 9.96. The first-order valence-electron chi connectivity index (χ1n) is 9.51. The van der Waals surface area contributed by atoms with Crippen molar-refractivity contribution in [3.05, 3.63) is 47.5 Å². The minimum absolute atomic E-state index is 0.278. The normalized spacial score (nSPS) is 19.2. The molecular weight excluding hydrogens is 386 g/mol. The van der Waals surface area contributed by atoms with E-state index in [1.165, 1.54) is 26.5 Å². The lowest BCUT2D eigenvalue weighted by Crippen LogP contribution is -2.64. The monoisotopic (exact) mass is 413 g/mol. The number of hydroxylamine groups is 1. The van der Waals surface area contributed by atoms with Gasteiger partial charge < -0.3 is 15.0 Å². The first-order valence-corrected chi connectivity index (χ1v) is 9.51. The first-order chi connectivity index (χ1) is 14.3. The Morgan fingerprint density at radius 1 is 1.30 bits per heavy atom. The Bertz CT molecular complexity index is 866. The van der Waals surface area contributed by atoms with Crippen molar-refractivity contribution in [2.24, 2.45) is 11.8 Å². The molecule has 8 nitrogen and oxygen atoms in total. The van der Waals surface area contributed by atoms with Crippen molar-refractivity contribution in [3.63, 3.8) is 0 Å². The van der Waals surface area contributed by atoms with E-state index in [1.54, 1.807) is 31.4 Å². The summed E-state index contributed by atoms with van der Waals surface area (Å²) in [5, 5.41) is 11.3. The van der Waals surface area contributed by atoms with Crippen LogP contribution in [0.2, 0.25) is 0 Å². The van der Waals surface area contributed by atoms with Crippen LogP contribution < -0.4 is 10.8 Å². The number of benzene rings is 1. The van der Waals surface area contributed by atoms with Crippen LogP contribution in [0.15, 0.2) is 36.4 Å². The molecule has 3 atom stereocenters. The van der Waals surface area contributed by atoms with Crippen LogP contribution in [0.25, 0.3) is 0 Å². The highest BCUT2D eigenvalue weighted by Crippen LogP contribution is 2.39. The quantitative estimate of drug-likeness (QED) is 0.267. The Hall–Kier alpha value is -3.15. The molecule has 1 fully saturated rings. The van der Waals surface area contributed by atoms with Crippen molar-refractivity contribution in [2.75, 3.05) is 27.8 Å². The fourth-order valence-corrected chi connectivity index (χ4v) is 3.06. The summed E-state index contributed by atoms with van der Waals surface area (Å²) in [6.45, 7) is 2.02. The highest BCUT2D eigenvalue weighted by Gasteiger charge is 2.47. The number of rotatable bonds is 7. The topological polar surface area (TPSA) is 108 Å². The molecule has 3 unspecified atom stereocenters. The zero-order valence-electron chi connectivity index (χ0n) is 17.6. The molecule has 1 aromatic carbocycles. The van der Waals surface area contributed by atoms with E-state index in [0.717, 1.165) is 23.5 Å². The van der Waals surface area contributed by atoms with Gasteiger partial charge in [-0.2, -0.15) is 0 Å². The summed E-state index contributed by atoms with van der Waals surface area (Å²) in [6.07, 6.45) is 5.03. The SMILES string of the molecule is CNC(=O)C(C)(C(=O)NO)N(C)C(=O)c1ccc(C#C/C=C/C2CC2COC)cc1. The van der Waals surface area contributed by atoms with Crippen LogP contribution in [0.3, 0.4) is 0 Å². The van der Waals surface area contributed by atoms with E-state index in [2.05, 4.69) is 23.2 Å². The number of allylic oxidation sites excluding steroid dienone is 2. The van der Waals surface area contributed by atoms with Gasteiger partial charge in [0, 0.05) is 38.9 Å². The van der Waals surface area contributed by atoms with Crippen LogP contribution in [0.1, 0.15) is 29.3 Å². The number of carbonyl (C=O) groups excluding carboxylic acids is 3. The van der Waals surface area contributed by atoms with Crippen LogP contribution in [0.4, 0.5) is 0 Å². The Kier molecular flexibility index (Phi) is 7.75. The molecule has 1 aliphatic carbocycles. The summed E-state index contributed by atoms with van der Waals surface area (Å²) >= 11 is 0. The second-order valence-electron chi connectivity index (χ2n) is 7.28. The van der Waals surface area contributed by atoms with E-state index in [-0.39, 0.29) is 5.56 Å². The van der Waals surface area contributed by atoms with Gasteiger partial charge in [0.15, 0.2) is 5.54 Å². The second kappa shape index (κ2) is 10.1. The van der Waals surface area contributed by atoms with Gasteiger partial charge in [0.1, 0.15) is 0 Å². The molecule has 1 aliphatic rings. The first kappa shape index (κ1) is 23.1. The van der Waals surface area contributed by atoms with Gasteiger partial charge in [0.2, 0.25) is 0 Å². The summed E-state index contributed by atoms with van der Waals surface area (Å²) in [5.74, 6) is 4.79. The Labute approximate surface area is 176 Å². The van der Waals surface area contributed by atoms with E-state index in [0.29, 0.717) is 11.8 Å². The van der Waals surface area contributed by atoms with Crippen molar-refractivity contribution < 1.29 is 24.3 Å². The molecule has 0 radical (unpaired) electrons. The predicted octanol–water partition coefficient (Wildman–Crippen LogP) is 0.959. The molecule has 1 aromatic rings. The van der Waals surface area contributed by atoms with E-state index in [4.69, 9.17) is 9.94 Å². The van der Waals surface area contributed by atoms with Gasteiger partial charge in [-0.05, 0) is 55.5 Å². The molecule has 0 aromatic heterocycles. The number of hydrogen-bond acceptors (Lipinski definition) is 5. The molecule has 0 heterocycles. The maximum Gasteiger partial charge on any atom is 0.278 e. The summed E-state index contributed by atoms with van der Waals surface area (Å²) in [6, 6.07) is 6.53. The molecule has 3 amide bonds. The van der Waals surface area contributed by atoms with Gasteiger partial charge >= 0.3 is 0 Å². The molecule has 0 spiro atoms. The summed E-state index contributed by atoms with van der Waals surface area (Å²) in [5.41, 5.74) is 0.524. The molecule has 0 aliphatic heterocycles. The number of amides is 3. The van der Waals surface area contributed by atoms with Gasteiger partial charge in [0.05, 0.1) is 0 Å². The third kappa shape index (κ3) is 5.06. The number of methoxy groups -OCH3 is 1. The van der Waals surface area contributed by atoms with Crippen LogP contribution >= 0.6 is 0 Å².